The summed E-state index contributed by atoms with van der Waals surface area (Å²) >= 11 is 0. The Balaban J connectivity index is 1.80. The minimum absolute atomic E-state index is 0.169. The molecule has 0 aromatic heterocycles. The first-order chi connectivity index (χ1) is 10.1. The summed E-state index contributed by atoms with van der Waals surface area (Å²) in [5.41, 5.74) is 7.78. The van der Waals surface area contributed by atoms with Gasteiger partial charge in [-0.3, -0.25) is 0 Å². The third-order valence-electron chi connectivity index (χ3n) is 3.34. The molecule has 0 atom stereocenters. The van der Waals surface area contributed by atoms with Gasteiger partial charge in [0.25, 0.3) is 0 Å². The summed E-state index contributed by atoms with van der Waals surface area (Å²) in [6, 6.07) is 8.52. The van der Waals surface area contributed by atoms with Crippen LogP contribution in [-0.2, 0) is 6.61 Å². The first-order valence-electron chi connectivity index (χ1n) is 6.71. The van der Waals surface area contributed by atoms with E-state index in [9.17, 15) is 4.39 Å². The van der Waals surface area contributed by atoms with Crippen molar-refractivity contribution < 1.29 is 18.6 Å². The second-order valence-electron chi connectivity index (χ2n) is 4.87. The second-order valence-corrected chi connectivity index (χ2v) is 4.87. The molecule has 2 aromatic carbocycles. The van der Waals surface area contributed by atoms with E-state index in [1.54, 1.807) is 37.3 Å². The number of rotatable bonds is 3. The van der Waals surface area contributed by atoms with Crippen molar-refractivity contribution in [2.75, 3.05) is 18.9 Å². The van der Waals surface area contributed by atoms with Gasteiger partial charge >= 0.3 is 0 Å². The molecule has 0 fully saturated rings. The largest absolute Gasteiger partial charge is 0.486 e. The molecule has 4 nitrogen and oxygen atoms in total. The second kappa shape index (κ2) is 5.52. The molecule has 0 saturated carbocycles. The fraction of sp³-hybridized carbons (Fsp3) is 0.250. The van der Waals surface area contributed by atoms with E-state index < -0.39 is 0 Å². The van der Waals surface area contributed by atoms with Crippen molar-refractivity contribution in [1.29, 1.82) is 0 Å². The standard InChI is InChI=1S/C16H16FNO3/c1-10-3-2-4-13(16(10)17)21-9-11-7-14-15(8-12(11)18)20-6-5-19-14/h2-4,7-8H,5-6,9,18H2,1H3. The van der Waals surface area contributed by atoms with E-state index in [1.807, 2.05) is 0 Å². The predicted octanol–water partition coefficient (Wildman–Crippen LogP) is 3.07. The highest BCUT2D eigenvalue weighted by molar-refractivity contribution is 5.58. The van der Waals surface area contributed by atoms with E-state index in [-0.39, 0.29) is 18.2 Å². The maximum Gasteiger partial charge on any atom is 0.167 e. The van der Waals surface area contributed by atoms with Gasteiger partial charge in [-0.05, 0) is 24.6 Å². The van der Waals surface area contributed by atoms with Gasteiger partial charge in [-0.2, -0.15) is 0 Å². The van der Waals surface area contributed by atoms with Crippen LogP contribution in [0.3, 0.4) is 0 Å². The van der Waals surface area contributed by atoms with Gasteiger partial charge in [0, 0.05) is 17.3 Å². The Bertz CT molecular complexity index is 673. The summed E-state index contributed by atoms with van der Waals surface area (Å²) < 4.78 is 30.4. The van der Waals surface area contributed by atoms with Crippen molar-refractivity contribution in [3.8, 4) is 17.2 Å². The highest BCUT2D eigenvalue weighted by Crippen LogP contribution is 2.35. The molecule has 5 heteroatoms. The van der Waals surface area contributed by atoms with Crippen LogP contribution < -0.4 is 19.9 Å². The summed E-state index contributed by atoms with van der Waals surface area (Å²) in [7, 11) is 0. The molecular weight excluding hydrogens is 273 g/mol. The van der Waals surface area contributed by atoms with Crippen LogP contribution >= 0.6 is 0 Å². The van der Waals surface area contributed by atoms with E-state index in [1.165, 1.54) is 0 Å². The van der Waals surface area contributed by atoms with E-state index in [2.05, 4.69) is 0 Å². The summed E-state index contributed by atoms with van der Waals surface area (Å²) in [6.45, 7) is 2.88. The van der Waals surface area contributed by atoms with Crippen LogP contribution in [0, 0.1) is 12.7 Å². The molecule has 1 aliphatic rings. The number of halogens is 1. The molecule has 1 aliphatic heterocycles. The van der Waals surface area contributed by atoms with Crippen molar-refractivity contribution in [1.82, 2.24) is 0 Å². The van der Waals surface area contributed by atoms with Crippen molar-refractivity contribution in [2.24, 2.45) is 0 Å². The van der Waals surface area contributed by atoms with Gasteiger partial charge in [-0.15, -0.1) is 0 Å². The average molecular weight is 289 g/mol. The van der Waals surface area contributed by atoms with E-state index in [0.29, 0.717) is 36.0 Å². The summed E-state index contributed by atoms with van der Waals surface area (Å²) in [5.74, 6) is 1.13. The van der Waals surface area contributed by atoms with Crippen LogP contribution in [0.4, 0.5) is 10.1 Å². The first-order valence-corrected chi connectivity index (χ1v) is 6.71. The number of hydrogen-bond donors (Lipinski definition) is 1. The Hall–Kier alpha value is -2.43. The lowest BCUT2D eigenvalue weighted by Gasteiger charge is -2.20. The minimum atomic E-state index is -0.353. The van der Waals surface area contributed by atoms with Crippen molar-refractivity contribution in [3.63, 3.8) is 0 Å². The number of nitrogen functional groups attached to an aromatic ring is 1. The zero-order chi connectivity index (χ0) is 14.8. The molecule has 0 saturated heterocycles. The van der Waals surface area contributed by atoms with Gasteiger partial charge in [0.05, 0.1) is 0 Å². The van der Waals surface area contributed by atoms with Crippen LogP contribution in [0.2, 0.25) is 0 Å². The Morgan fingerprint density at radius 3 is 2.67 bits per heavy atom. The third kappa shape index (κ3) is 2.72. The Kier molecular flexibility index (Phi) is 3.56. The minimum Gasteiger partial charge on any atom is -0.486 e. The monoisotopic (exact) mass is 289 g/mol. The quantitative estimate of drug-likeness (QED) is 0.882. The highest BCUT2D eigenvalue weighted by atomic mass is 19.1. The third-order valence-corrected chi connectivity index (χ3v) is 3.34. The number of fused-ring (bicyclic) bond motifs is 1. The smallest absolute Gasteiger partial charge is 0.167 e. The molecule has 0 amide bonds. The van der Waals surface area contributed by atoms with Gasteiger partial charge in [0.15, 0.2) is 23.1 Å². The molecule has 0 aliphatic carbocycles. The highest BCUT2D eigenvalue weighted by Gasteiger charge is 2.15. The fourth-order valence-corrected chi connectivity index (χ4v) is 2.16. The van der Waals surface area contributed by atoms with Gasteiger partial charge in [-0.1, -0.05) is 12.1 Å². The molecule has 0 unspecified atom stereocenters. The van der Waals surface area contributed by atoms with Crippen molar-refractivity contribution in [3.05, 3.63) is 47.3 Å². The molecule has 21 heavy (non-hydrogen) atoms. The number of hydrogen-bond acceptors (Lipinski definition) is 4. The molecule has 1 heterocycles. The first kappa shape index (κ1) is 13.5. The van der Waals surface area contributed by atoms with Crippen LogP contribution in [0.15, 0.2) is 30.3 Å². The van der Waals surface area contributed by atoms with E-state index >= 15 is 0 Å². The topological polar surface area (TPSA) is 53.7 Å². The number of nitrogens with two attached hydrogens (primary N) is 1. The molecule has 0 bridgehead atoms. The molecule has 110 valence electrons. The Morgan fingerprint density at radius 2 is 1.90 bits per heavy atom. The molecule has 3 rings (SSSR count). The van der Waals surface area contributed by atoms with Crippen LogP contribution in [0.25, 0.3) is 0 Å². The lowest BCUT2D eigenvalue weighted by atomic mass is 10.1. The lowest BCUT2D eigenvalue weighted by molar-refractivity contribution is 0.171. The van der Waals surface area contributed by atoms with Crippen molar-refractivity contribution >= 4 is 5.69 Å². The molecule has 2 aromatic rings. The Morgan fingerprint density at radius 1 is 1.19 bits per heavy atom. The van der Waals surface area contributed by atoms with E-state index in [0.717, 1.165) is 5.56 Å². The summed E-state index contributed by atoms with van der Waals surface area (Å²) in [5, 5.41) is 0. The predicted molar refractivity (Wildman–Crippen MR) is 77.3 cm³/mol. The maximum absolute atomic E-state index is 13.9. The van der Waals surface area contributed by atoms with Crippen LogP contribution in [-0.4, -0.2) is 13.2 Å². The van der Waals surface area contributed by atoms with Crippen molar-refractivity contribution in [2.45, 2.75) is 13.5 Å². The van der Waals surface area contributed by atoms with Gasteiger partial charge in [0.2, 0.25) is 0 Å². The van der Waals surface area contributed by atoms with Crippen LogP contribution in [0.5, 0.6) is 17.2 Å². The zero-order valence-electron chi connectivity index (χ0n) is 11.7. The molecule has 0 spiro atoms. The van der Waals surface area contributed by atoms with Crippen LogP contribution in [0.1, 0.15) is 11.1 Å². The summed E-state index contributed by atoms with van der Waals surface area (Å²) in [4.78, 5) is 0. The fourth-order valence-electron chi connectivity index (χ4n) is 2.16. The van der Waals surface area contributed by atoms with Gasteiger partial charge in [-0.25, -0.2) is 4.39 Å². The molecule has 2 N–H and O–H groups in total. The van der Waals surface area contributed by atoms with E-state index in [4.69, 9.17) is 19.9 Å². The lowest BCUT2D eigenvalue weighted by Crippen LogP contribution is -2.16. The Labute approximate surface area is 122 Å². The maximum atomic E-state index is 13.9. The number of anilines is 1. The number of aryl methyl sites for hydroxylation is 1. The summed E-state index contributed by atoms with van der Waals surface area (Å²) in [6.07, 6.45) is 0. The molecular formula is C16H16FNO3. The van der Waals surface area contributed by atoms with Gasteiger partial charge in [0.1, 0.15) is 19.8 Å². The zero-order valence-corrected chi connectivity index (χ0v) is 11.7. The number of benzene rings is 2. The normalized spacial score (nSPS) is 13.0. The molecule has 0 radical (unpaired) electrons. The SMILES string of the molecule is Cc1cccc(OCc2cc3c(cc2N)OCCO3)c1F. The average Bonchev–Trinajstić information content (AvgIpc) is 2.49. The van der Waals surface area contributed by atoms with Gasteiger partial charge < -0.3 is 19.9 Å². The number of ether oxygens (including phenoxy) is 3.